The van der Waals surface area contributed by atoms with E-state index in [1.807, 2.05) is 42.5 Å². The fourth-order valence-corrected chi connectivity index (χ4v) is 2.61. The van der Waals surface area contributed by atoms with Gasteiger partial charge in [-0.25, -0.2) is 4.98 Å². The third kappa shape index (κ3) is 4.20. The molecule has 0 spiro atoms. The van der Waals surface area contributed by atoms with Crippen molar-refractivity contribution in [3.8, 4) is 23.0 Å². The largest absolute Gasteiger partial charge is 0.439 e. The van der Waals surface area contributed by atoms with E-state index in [1.165, 1.54) is 0 Å². The van der Waals surface area contributed by atoms with Gasteiger partial charge in [0.15, 0.2) is 5.82 Å². The van der Waals surface area contributed by atoms with Crippen molar-refractivity contribution in [2.45, 2.75) is 5.75 Å². The molecule has 0 aliphatic carbocycles. The van der Waals surface area contributed by atoms with Crippen LogP contribution >= 0.6 is 0 Å². The fourth-order valence-electron chi connectivity index (χ4n) is 2.05. The van der Waals surface area contributed by atoms with E-state index >= 15 is 0 Å². The minimum atomic E-state index is -0.994. The lowest BCUT2D eigenvalue weighted by atomic mass is 10.2. The van der Waals surface area contributed by atoms with Crippen LogP contribution in [0.5, 0.6) is 11.6 Å². The molecule has 0 saturated carbocycles. The molecule has 6 heteroatoms. The number of para-hydroxylation sites is 1. The lowest BCUT2D eigenvalue weighted by Crippen LogP contribution is -2.01. The van der Waals surface area contributed by atoms with Gasteiger partial charge in [0.1, 0.15) is 5.75 Å². The third-order valence-corrected chi connectivity index (χ3v) is 3.71. The Kier molecular flexibility index (Phi) is 4.73. The zero-order valence-corrected chi connectivity index (χ0v) is 13.4. The minimum absolute atomic E-state index is 0.353. The summed E-state index contributed by atoms with van der Waals surface area (Å²) < 4.78 is 17.3. The molecule has 1 aromatic carbocycles. The predicted octanol–water partition coefficient (Wildman–Crippen LogP) is 3.21. The lowest BCUT2D eigenvalue weighted by molar-refractivity contribution is 0.461. The zero-order chi connectivity index (χ0) is 16.1. The number of pyridine rings is 1. The zero-order valence-electron chi connectivity index (χ0n) is 12.5. The highest BCUT2D eigenvalue weighted by molar-refractivity contribution is 7.83. The molecule has 3 rings (SSSR count). The van der Waals surface area contributed by atoms with Crippen LogP contribution in [0.1, 0.15) is 5.69 Å². The first-order valence-corrected chi connectivity index (χ1v) is 8.75. The summed E-state index contributed by atoms with van der Waals surface area (Å²) in [5.74, 6) is 2.00. The summed E-state index contributed by atoms with van der Waals surface area (Å²) in [6.07, 6.45) is 5.01. The molecule has 0 aliphatic rings. The summed E-state index contributed by atoms with van der Waals surface area (Å²) in [5.41, 5.74) is 1.51. The molecular formula is C17H15N3O2S. The molecule has 0 fully saturated rings. The molecule has 2 heterocycles. The molecule has 3 aromatic rings. The third-order valence-electron chi connectivity index (χ3n) is 3.01. The van der Waals surface area contributed by atoms with Gasteiger partial charge in [0.25, 0.3) is 0 Å². The second-order valence-corrected chi connectivity index (χ2v) is 6.32. The first-order valence-electron chi connectivity index (χ1n) is 7.02. The normalized spacial score (nSPS) is 11.9. The number of rotatable bonds is 5. The smallest absolute Gasteiger partial charge is 0.223 e. The van der Waals surface area contributed by atoms with Crippen LogP contribution in [0.15, 0.2) is 60.9 Å². The number of hydrogen-bond acceptors (Lipinski definition) is 5. The highest BCUT2D eigenvalue weighted by Crippen LogP contribution is 2.23. The van der Waals surface area contributed by atoms with Gasteiger partial charge in [0.2, 0.25) is 5.88 Å². The summed E-state index contributed by atoms with van der Waals surface area (Å²) in [4.78, 5) is 12.9. The molecule has 5 nitrogen and oxygen atoms in total. The molecule has 116 valence electrons. The van der Waals surface area contributed by atoms with Crippen LogP contribution in [0.2, 0.25) is 0 Å². The number of ether oxygens (including phenoxy) is 1. The van der Waals surface area contributed by atoms with E-state index in [-0.39, 0.29) is 0 Å². The van der Waals surface area contributed by atoms with E-state index in [2.05, 4.69) is 15.0 Å². The van der Waals surface area contributed by atoms with Crippen LogP contribution in [0.3, 0.4) is 0 Å². The molecule has 0 amide bonds. The summed E-state index contributed by atoms with van der Waals surface area (Å²) >= 11 is 0. The first-order chi connectivity index (χ1) is 11.2. The van der Waals surface area contributed by atoms with Gasteiger partial charge in [-0.3, -0.25) is 9.19 Å². The van der Waals surface area contributed by atoms with Gasteiger partial charge in [-0.1, -0.05) is 18.2 Å². The van der Waals surface area contributed by atoms with Gasteiger partial charge < -0.3 is 4.74 Å². The highest BCUT2D eigenvalue weighted by atomic mass is 32.2. The van der Waals surface area contributed by atoms with Gasteiger partial charge in [0, 0.05) is 41.1 Å². The average Bonchev–Trinajstić information content (AvgIpc) is 2.56. The molecule has 2 aromatic heterocycles. The van der Waals surface area contributed by atoms with Gasteiger partial charge in [-0.15, -0.1) is 0 Å². The predicted molar refractivity (Wildman–Crippen MR) is 89.5 cm³/mol. The molecule has 0 N–H and O–H groups in total. The van der Waals surface area contributed by atoms with Crippen molar-refractivity contribution < 1.29 is 8.95 Å². The van der Waals surface area contributed by atoms with Crippen LogP contribution in [-0.4, -0.2) is 25.4 Å². The fraction of sp³-hybridized carbons (Fsp3) is 0.118. The Morgan fingerprint density at radius 2 is 1.78 bits per heavy atom. The number of aromatic nitrogens is 3. The number of hydrogen-bond donors (Lipinski definition) is 0. The van der Waals surface area contributed by atoms with Crippen LogP contribution < -0.4 is 4.74 Å². The monoisotopic (exact) mass is 325 g/mol. The number of nitrogens with zero attached hydrogens (tertiary/aromatic N) is 3. The maximum Gasteiger partial charge on any atom is 0.223 e. The molecule has 23 heavy (non-hydrogen) atoms. The van der Waals surface area contributed by atoms with E-state index in [1.54, 1.807) is 24.7 Å². The molecule has 0 unspecified atom stereocenters. The summed E-state index contributed by atoms with van der Waals surface area (Å²) in [6.45, 7) is 0. The summed E-state index contributed by atoms with van der Waals surface area (Å²) in [6, 6.07) is 14.8. The van der Waals surface area contributed by atoms with E-state index < -0.39 is 10.8 Å². The Morgan fingerprint density at radius 1 is 1.04 bits per heavy atom. The Hall–Kier alpha value is -2.60. The first kappa shape index (κ1) is 15.3. The van der Waals surface area contributed by atoms with E-state index in [4.69, 9.17) is 4.74 Å². The molecule has 0 bridgehead atoms. The molecule has 0 saturated heterocycles. The Balaban J connectivity index is 1.99. The van der Waals surface area contributed by atoms with Crippen molar-refractivity contribution in [1.82, 2.24) is 15.0 Å². The second-order valence-electron chi connectivity index (χ2n) is 4.89. The lowest BCUT2D eigenvalue weighted by Gasteiger charge is -2.09. The maximum absolute atomic E-state index is 11.5. The molecular weight excluding hydrogens is 310 g/mol. The molecule has 0 radical (unpaired) electrons. The summed E-state index contributed by atoms with van der Waals surface area (Å²) in [5, 5.41) is 0. The topological polar surface area (TPSA) is 65.0 Å². The Bertz CT molecular complexity index is 811. The Morgan fingerprint density at radius 3 is 2.48 bits per heavy atom. The second kappa shape index (κ2) is 7.11. The van der Waals surface area contributed by atoms with Gasteiger partial charge in [-0.05, 0) is 24.3 Å². The van der Waals surface area contributed by atoms with E-state index in [0.29, 0.717) is 28.9 Å². The summed E-state index contributed by atoms with van der Waals surface area (Å²) in [7, 11) is -0.994. The van der Waals surface area contributed by atoms with Gasteiger partial charge in [-0.2, -0.15) is 4.98 Å². The maximum atomic E-state index is 11.5. The van der Waals surface area contributed by atoms with Gasteiger partial charge >= 0.3 is 0 Å². The van der Waals surface area contributed by atoms with Crippen molar-refractivity contribution in [3.05, 3.63) is 66.6 Å². The van der Waals surface area contributed by atoms with Crippen LogP contribution in [0.4, 0.5) is 0 Å². The highest BCUT2D eigenvalue weighted by Gasteiger charge is 2.10. The van der Waals surface area contributed by atoms with E-state index in [9.17, 15) is 4.21 Å². The Labute approximate surface area is 136 Å². The van der Waals surface area contributed by atoms with Crippen molar-refractivity contribution in [1.29, 1.82) is 0 Å². The van der Waals surface area contributed by atoms with Gasteiger partial charge in [0.05, 0.1) is 11.4 Å². The molecule has 1 atom stereocenters. The van der Waals surface area contributed by atoms with Crippen LogP contribution in [0, 0.1) is 0 Å². The van der Waals surface area contributed by atoms with Crippen molar-refractivity contribution >= 4 is 10.8 Å². The minimum Gasteiger partial charge on any atom is -0.439 e. The van der Waals surface area contributed by atoms with Crippen molar-refractivity contribution in [3.63, 3.8) is 0 Å². The average molecular weight is 325 g/mol. The number of benzene rings is 1. The van der Waals surface area contributed by atoms with Crippen molar-refractivity contribution in [2.24, 2.45) is 0 Å². The standard InChI is InChI=1S/C17H15N3O2S/c1-23(21)12-14-11-16(22-15-5-3-2-4-6-15)20-17(19-14)13-7-9-18-10-8-13/h2-11H,12H2,1H3/t23-/m1/s1. The molecule has 0 aliphatic heterocycles. The van der Waals surface area contributed by atoms with Crippen LogP contribution in [-0.2, 0) is 16.6 Å². The quantitative estimate of drug-likeness (QED) is 0.720. The van der Waals surface area contributed by atoms with Crippen LogP contribution in [0.25, 0.3) is 11.4 Å². The SMILES string of the molecule is C[S@@](=O)Cc1cc(Oc2ccccc2)nc(-c2ccncc2)n1. The van der Waals surface area contributed by atoms with Crippen molar-refractivity contribution in [2.75, 3.05) is 6.26 Å². The van der Waals surface area contributed by atoms with E-state index in [0.717, 1.165) is 5.56 Å².